The molecular weight excluding hydrogens is 269 g/mol. The minimum atomic E-state index is -0.0998. The van der Waals surface area contributed by atoms with Crippen molar-refractivity contribution in [1.82, 2.24) is 5.32 Å². The molecule has 0 aliphatic carbocycles. The number of hydrogen-bond acceptors (Lipinski definition) is 2. The van der Waals surface area contributed by atoms with Gasteiger partial charge in [-0.2, -0.15) is 0 Å². The molecule has 1 atom stereocenters. The van der Waals surface area contributed by atoms with E-state index in [0.29, 0.717) is 0 Å². The second-order valence-electron chi connectivity index (χ2n) is 5.00. The summed E-state index contributed by atoms with van der Waals surface area (Å²) in [5.41, 5.74) is 0.798. The normalized spacial score (nSPS) is 12.5. The Balaban J connectivity index is 1.95. The van der Waals surface area contributed by atoms with Gasteiger partial charge in [0.25, 0.3) is 0 Å². The fourth-order valence-corrected chi connectivity index (χ4v) is 3.13. The van der Waals surface area contributed by atoms with Gasteiger partial charge in [-0.15, -0.1) is 11.3 Å². The van der Waals surface area contributed by atoms with E-state index in [-0.39, 0.29) is 11.9 Å². The second kappa shape index (κ2) is 8.18. The maximum atomic E-state index is 13.9. The molecule has 0 spiro atoms. The number of nitrogens with one attached hydrogen (secondary N) is 1. The van der Waals surface area contributed by atoms with Gasteiger partial charge in [-0.3, -0.25) is 0 Å². The third-order valence-electron chi connectivity index (χ3n) is 3.42. The summed E-state index contributed by atoms with van der Waals surface area (Å²) >= 11 is 1.80. The maximum Gasteiger partial charge on any atom is 0.127 e. The quantitative estimate of drug-likeness (QED) is 0.725. The zero-order chi connectivity index (χ0) is 14.2. The summed E-state index contributed by atoms with van der Waals surface area (Å²) in [5.74, 6) is -0.0998. The lowest BCUT2D eigenvalue weighted by atomic mass is 10.00. The summed E-state index contributed by atoms with van der Waals surface area (Å²) < 4.78 is 13.9. The zero-order valence-electron chi connectivity index (χ0n) is 11.9. The molecule has 1 unspecified atom stereocenters. The van der Waals surface area contributed by atoms with Crippen LogP contribution in [0.25, 0.3) is 0 Å². The number of rotatable bonds is 8. The van der Waals surface area contributed by atoms with Gasteiger partial charge < -0.3 is 5.32 Å². The van der Waals surface area contributed by atoms with Crippen molar-refractivity contribution in [2.75, 3.05) is 6.54 Å². The highest BCUT2D eigenvalue weighted by Crippen LogP contribution is 2.23. The first-order valence-electron chi connectivity index (χ1n) is 7.31. The van der Waals surface area contributed by atoms with Crippen LogP contribution >= 0.6 is 11.3 Å². The third-order valence-corrected chi connectivity index (χ3v) is 4.35. The summed E-state index contributed by atoms with van der Waals surface area (Å²) in [5, 5.41) is 5.58. The van der Waals surface area contributed by atoms with Gasteiger partial charge in [0.05, 0.1) is 0 Å². The maximum absolute atomic E-state index is 13.9. The molecular formula is C17H22FNS. The lowest BCUT2D eigenvalue weighted by molar-refractivity contribution is 0.462. The van der Waals surface area contributed by atoms with Crippen LogP contribution in [0.1, 0.15) is 42.7 Å². The molecule has 1 aromatic heterocycles. The predicted molar refractivity (Wildman–Crippen MR) is 84.7 cm³/mol. The van der Waals surface area contributed by atoms with Crippen LogP contribution in [0.15, 0.2) is 41.8 Å². The Bertz CT molecular complexity index is 495. The van der Waals surface area contributed by atoms with E-state index in [1.54, 1.807) is 23.5 Å². The predicted octanol–water partition coefficient (Wildman–Crippen LogP) is 4.95. The van der Waals surface area contributed by atoms with Crippen LogP contribution < -0.4 is 5.32 Å². The van der Waals surface area contributed by atoms with Gasteiger partial charge in [0.1, 0.15) is 5.82 Å². The van der Waals surface area contributed by atoms with Crippen LogP contribution in [0.2, 0.25) is 0 Å². The first-order valence-corrected chi connectivity index (χ1v) is 8.19. The van der Waals surface area contributed by atoms with Crippen LogP contribution in [-0.4, -0.2) is 6.54 Å². The van der Waals surface area contributed by atoms with Crippen molar-refractivity contribution < 1.29 is 4.39 Å². The van der Waals surface area contributed by atoms with E-state index in [1.807, 2.05) is 12.1 Å². The van der Waals surface area contributed by atoms with Gasteiger partial charge in [-0.05, 0) is 49.7 Å². The van der Waals surface area contributed by atoms with Gasteiger partial charge in [0.15, 0.2) is 0 Å². The Kier molecular flexibility index (Phi) is 6.22. The molecule has 0 saturated carbocycles. The molecule has 0 fully saturated rings. The fourth-order valence-electron chi connectivity index (χ4n) is 2.38. The molecule has 108 valence electrons. The Morgan fingerprint density at radius 3 is 2.75 bits per heavy atom. The Labute approximate surface area is 124 Å². The minimum Gasteiger partial charge on any atom is -0.310 e. The van der Waals surface area contributed by atoms with Gasteiger partial charge in [-0.25, -0.2) is 4.39 Å². The molecule has 1 N–H and O–H groups in total. The number of benzene rings is 1. The molecule has 1 aromatic carbocycles. The number of aryl methyl sites for hydroxylation is 1. The van der Waals surface area contributed by atoms with Gasteiger partial charge >= 0.3 is 0 Å². The van der Waals surface area contributed by atoms with Crippen molar-refractivity contribution in [2.24, 2.45) is 0 Å². The molecule has 0 aliphatic heterocycles. The molecule has 3 heteroatoms. The van der Waals surface area contributed by atoms with E-state index in [0.717, 1.165) is 37.8 Å². The molecule has 2 rings (SSSR count). The summed E-state index contributed by atoms with van der Waals surface area (Å²) in [4.78, 5) is 1.41. The van der Waals surface area contributed by atoms with E-state index in [4.69, 9.17) is 0 Å². The Hall–Kier alpha value is -1.19. The zero-order valence-corrected chi connectivity index (χ0v) is 12.8. The van der Waals surface area contributed by atoms with E-state index < -0.39 is 0 Å². The van der Waals surface area contributed by atoms with Crippen molar-refractivity contribution in [3.05, 3.63) is 58.0 Å². The van der Waals surface area contributed by atoms with Crippen LogP contribution in [0, 0.1) is 5.82 Å². The second-order valence-corrected chi connectivity index (χ2v) is 6.03. The molecule has 20 heavy (non-hydrogen) atoms. The monoisotopic (exact) mass is 291 g/mol. The summed E-state index contributed by atoms with van der Waals surface area (Å²) in [7, 11) is 0. The standard InChI is InChI=1S/C17H22FNS/c1-2-12-19-17(15-9-3-4-10-16(15)18)11-5-7-14-8-6-13-20-14/h3-4,6,8-10,13,17,19H,2,5,7,11-12H2,1H3. The molecule has 1 nitrogen and oxygen atoms in total. The first kappa shape index (κ1) is 15.2. The molecule has 0 amide bonds. The van der Waals surface area contributed by atoms with Crippen LogP contribution in [0.5, 0.6) is 0 Å². The highest BCUT2D eigenvalue weighted by Gasteiger charge is 2.14. The van der Waals surface area contributed by atoms with Crippen LogP contribution in [0.3, 0.4) is 0 Å². The van der Waals surface area contributed by atoms with Crippen LogP contribution in [-0.2, 0) is 6.42 Å². The van der Waals surface area contributed by atoms with E-state index in [9.17, 15) is 4.39 Å². The molecule has 2 aromatic rings. The van der Waals surface area contributed by atoms with Gasteiger partial charge in [0, 0.05) is 16.5 Å². The molecule has 0 aliphatic rings. The Morgan fingerprint density at radius 1 is 1.20 bits per heavy atom. The van der Waals surface area contributed by atoms with E-state index >= 15 is 0 Å². The number of hydrogen-bond donors (Lipinski definition) is 1. The average Bonchev–Trinajstić information content (AvgIpc) is 2.97. The van der Waals surface area contributed by atoms with Crippen LogP contribution in [0.4, 0.5) is 4.39 Å². The van der Waals surface area contributed by atoms with Crippen molar-refractivity contribution in [2.45, 2.75) is 38.6 Å². The first-order chi connectivity index (χ1) is 9.81. The highest BCUT2D eigenvalue weighted by molar-refractivity contribution is 7.09. The highest BCUT2D eigenvalue weighted by atomic mass is 32.1. The molecule has 0 radical (unpaired) electrons. The smallest absolute Gasteiger partial charge is 0.127 e. The van der Waals surface area contributed by atoms with Crippen molar-refractivity contribution >= 4 is 11.3 Å². The lowest BCUT2D eigenvalue weighted by Gasteiger charge is -2.19. The Morgan fingerprint density at radius 2 is 2.05 bits per heavy atom. The average molecular weight is 291 g/mol. The lowest BCUT2D eigenvalue weighted by Crippen LogP contribution is -2.23. The van der Waals surface area contributed by atoms with E-state index in [2.05, 4.69) is 29.8 Å². The number of thiophene rings is 1. The van der Waals surface area contributed by atoms with Crippen molar-refractivity contribution in [1.29, 1.82) is 0 Å². The molecule has 0 bridgehead atoms. The van der Waals surface area contributed by atoms with Gasteiger partial charge in [-0.1, -0.05) is 31.2 Å². The summed E-state index contributed by atoms with van der Waals surface area (Å²) in [6, 6.07) is 11.5. The molecule has 1 heterocycles. The largest absolute Gasteiger partial charge is 0.310 e. The fraction of sp³-hybridized carbons (Fsp3) is 0.412. The SMILES string of the molecule is CCCNC(CCCc1cccs1)c1ccccc1F. The summed E-state index contributed by atoms with van der Waals surface area (Å²) in [6.45, 7) is 3.06. The summed E-state index contributed by atoms with van der Waals surface area (Å²) in [6.07, 6.45) is 4.20. The van der Waals surface area contributed by atoms with Crippen molar-refractivity contribution in [3.8, 4) is 0 Å². The van der Waals surface area contributed by atoms with Crippen molar-refractivity contribution in [3.63, 3.8) is 0 Å². The topological polar surface area (TPSA) is 12.0 Å². The third kappa shape index (κ3) is 4.43. The van der Waals surface area contributed by atoms with E-state index in [1.165, 1.54) is 4.88 Å². The minimum absolute atomic E-state index is 0.0998. The van der Waals surface area contributed by atoms with Gasteiger partial charge in [0.2, 0.25) is 0 Å². The molecule has 0 saturated heterocycles. The number of halogens is 1.